The van der Waals surface area contributed by atoms with Crippen LogP contribution < -0.4 is 10.1 Å². The van der Waals surface area contributed by atoms with Crippen LogP contribution in [0.15, 0.2) is 18.2 Å². The van der Waals surface area contributed by atoms with Gasteiger partial charge in [-0.15, -0.1) is 0 Å². The Labute approximate surface area is 113 Å². The van der Waals surface area contributed by atoms with Gasteiger partial charge in [0.15, 0.2) is 23.5 Å². The van der Waals surface area contributed by atoms with Gasteiger partial charge in [-0.1, -0.05) is 0 Å². The number of benzene rings is 1. The summed E-state index contributed by atoms with van der Waals surface area (Å²) in [6, 6.07) is 1.82. The molecule has 1 amide bonds. The van der Waals surface area contributed by atoms with Crippen molar-refractivity contribution >= 4 is 18.0 Å². The van der Waals surface area contributed by atoms with Crippen LogP contribution in [0.2, 0.25) is 0 Å². The number of rotatable bonds is 5. The van der Waals surface area contributed by atoms with E-state index in [4.69, 9.17) is 9.84 Å². The van der Waals surface area contributed by atoms with Crippen molar-refractivity contribution in [2.24, 2.45) is 0 Å². The summed E-state index contributed by atoms with van der Waals surface area (Å²) in [5, 5.41) is 10.7. The highest BCUT2D eigenvalue weighted by Gasteiger charge is 2.19. The van der Waals surface area contributed by atoms with Crippen molar-refractivity contribution in [3.63, 3.8) is 0 Å². The van der Waals surface area contributed by atoms with Crippen LogP contribution in [0.5, 0.6) is 5.75 Å². The Morgan fingerprint density at radius 3 is 2.35 bits per heavy atom. The number of hydrogen-bond donors (Lipinski definition) is 2. The molecule has 108 valence electrons. The lowest BCUT2D eigenvalue weighted by atomic mass is 10.2. The molecule has 0 aliphatic heterocycles. The second kappa shape index (κ2) is 6.65. The Morgan fingerprint density at radius 2 is 1.90 bits per heavy atom. The number of carbonyl (C=O) groups excluding carboxylic acids is 1. The van der Waals surface area contributed by atoms with Crippen LogP contribution in [0, 0.1) is 11.6 Å². The minimum absolute atomic E-state index is 0.0300. The lowest BCUT2D eigenvalue weighted by Gasteiger charge is -2.14. The van der Waals surface area contributed by atoms with Gasteiger partial charge in [0.05, 0.1) is 0 Å². The third-order valence-corrected chi connectivity index (χ3v) is 2.35. The van der Waals surface area contributed by atoms with Crippen molar-refractivity contribution in [2.75, 3.05) is 7.05 Å². The summed E-state index contributed by atoms with van der Waals surface area (Å²) in [4.78, 5) is 21.5. The maximum absolute atomic E-state index is 13.7. The molecule has 0 saturated carbocycles. The molecule has 7 heteroatoms. The first-order chi connectivity index (χ1) is 9.35. The van der Waals surface area contributed by atoms with Crippen molar-refractivity contribution in [2.45, 2.75) is 13.0 Å². The van der Waals surface area contributed by atoms with Crippen molar-refractivity contribution in [1.82, 2.24) is 5.32 Å². The molecule has 0 heterocycles. The highest BCUT2D eigenvalue weighted by Crippen LogP contribution is 2.25. The van der Waals surface area contributed by atoms with Crippen LogP contribution in [-0.2, 0) is 9.59 Å². The minimum Gasteiger partial charge on any atom is -0.478 e. The third kappa shape index (κ3) is 4.04. The van der Waals surface area contributed by atoms with Gasteiger partial charge in [-0.3, -0.25) is 4.79 Å². The van der Waals surface area contributed by atoms with Crippen LogP contribution >= 0.6 is 0 Å². The molecular formula is C13H13F2NO4. The van der Waals surface area contributed by atoms with E-state index in [1.54, 1.807) is 0 Å². The summed E-state index contributed by atoms with van der Waals surface area (Å²) >= 11 is 0. The smallest absolute Gasteiger partial charge is 0.328 e. The number of aliphatic carboxylic acids is 1. The van der Waals surface area contributed by atoms with Gasteiger partial charge in [0.25, 0.3) is 5.91 Å². The number of carboxylic acid groups (broad SMARTS) is 1. The lowest BCUT2D eigenvalue weighted by Crippen LogP contribution is -2.34. The number of hydrogen-bond acceptors (Lipinski definition) is 3. The minimum atomic E-state index is -1.24. The second-order valence-electron chi connectivity index (χ2n) is 3.86. The Balaban J connectivity index is 3.00. The number of carboxylic acids is 1. The number of ether oxygens (including phenoxy) is 1. The maximum Gasteiger partial charge on any atom is 0.328 e. The average Bonchev–Trinajstić information content (AvgIpc) is 2.39. The number of carbonyl (C=O) groups is 2. The SMILES string of the molecule is CNC(=O)C(C)Oc1c(F)cc(C=CC(=O)O)cc1F. The van der Waals surface area contributed by atoms with Crippen molar-refractivity contribution in [3.8, 4) is 5.75 Å². The van der Waals surface area contributed by atoms with Gasteiger partial charge in [-0.05, 0) is 30.7 Å². The first kappa shape index (κ1) is 15.6. The van der Waals surface area contributed by atoms with E-state index in [-0.39, 0.29) is 5.56 Å². The third-order valence-electron chi connectivity index (χ3n) is 2.35. The van der Waals surface area contributed by atoms with Crippen LogP contribution in [0.1, 0.15) is 12.5 Å². The van der Waals surface area contributed by atoms with Crippen LogP contribution in [0.25, 0.3) is 6.08 Å². The summed E-state index contributed by atoms with van der Waals surface area (Å²) in [5.41, 5.74) is 0.0300. The summed E-state index contributed by atoms with van der Waals surface area (Å²) in [6.07, 6.45) is 0.729. The van der Waals surface area contributed by atoms with Gasteiger partial charge in [0.2, 0.25) is 0 Å². The summed E-state index contributed by atoms with van der Waals surface area (Å²) in [5.74, 6) is -4.50. The van der Waals surface area contributed by atoms with E-state index in [9.17, 15) is 18.4 Å². The Kier molecular flexibility index (Phi) is 5.19. The molecule has 20 heavy (non-hydrogen) atoms. The number of halogens is 2. The van der Waals surface area contributed by atoms with Crippen LogP contribution in [-0.4, -0.2) is 30.1 Å². The van der Waals surface area contributed by atoms with Gasteiger partial charge < -0.3 is 15.2 Å². The molecule has 2 N–H and O–H groups in total. The molecule has 0 spiro atoms. The van der Waals surface area contributed by atoms with Gasteiger partial charge in [0, 0.05) is 13.1 Å². The van der Waals surface area contributed by atoms with E-state index in [0.29, 0.717) is 0 Å². The fourth-order valence-corrected chi connectivity index (χ4v) is 1.39. The second-order valence-corrected chi connectivity index (χ2v) is 3.86. The summed E-state index contributed by atoms with van der Waals surface area (Å²) in [7, 11) is 1.37. The van der Waals surface area contributed by atoms with E-state index in [2.05, 4.69) is 5.32 Å². The first-order valence-electron chi connectivity index (χ1n) is 5.63. The predicted molar refractivity (Wildman–Crippen MR) is 67.2 cm³/mol. The van der Waals surface area contributed by atoms with E-state index >= 15 is 0 Å². The standard InChI is InChI=1S/C13H13F2NO4/c1-7(13(19)16-2)20-12-9(14)5-8(6-10(12)15)3-4-11(17)18/h3-7H,1-2H3,(H,16,19)(H,17,18). The molecule has 0 radical (unpaired) electrons. The molecule has 1 unspecified atom stereocenters. The lowest BCUT2D eigenvalue weighted by molar-refractivity contribution is -0.131. The fraction of sp³-hybridized carbons (Fsp3) is 0.231. The van der Waals surface area contributed by atoms with E-state index in [1.807, 2.05) is 0 Å². The number of amides is 1. The highest BCUT2D eigenvalue weighted by atomic mass is 19.1. The number of likely N-dealkylation sites (N-methyl/N-ethyl adjacent to an activating group) is 1. The highest BCUT2D eigenvalue weighted by molar-refractivity contribution is 5.85. The zero-order valence-electron chi connectivity index (χ0n) is 10.8. The van der Waals surface area contributed by atoms with E-state index < -0.39 is 35.4 Å². The Morgan fingerprint density at radius 1 is 1.35 bits per heavy atom. The van der Waals surface area contributed by atoms with Gasteiger partial charge >= 0.3 is 5.97 Å². The van der Waals surface area contributed by atoms with E-state index in [1.165, 1.54) is 14.0 Å². The molecule has 0 bridgehead atoms. The molecule has 5 nitrogen and oxygen atoms in total. The molecule has 1 aromatic carbocycles. The molecule has 0 aliphatic rings. The molecule has 1 atom stereocenters. The van der Waals surface area contributed by atoms with Crippen LogP contribution in [0.3, 0.4) is 0 Å². The Hall–Kier alpha value is -2.44. The quantitative estimate of drug-likeness (QED) is 0.805. The zero-order chi connectivity index (χ0) is 15.3. The molecular weight excluding hydrogens is 272 g/mol. The van der Waals surface area contributed by atoms with Crippen molar-refractivity contribution in [3.05, 3.63) is 35.4 Å². The van der Waals surface area contributed by atoms with Crippen LogP contribution in [0.4, 0.5) is 8.78 Å². The van der Waals surface area contributed by atoms with Gasteiger partial charge in [-0.2, -0.15) is 0 Å². The number of nitrogens with one attached hydrogen (secondary N) is 1. The molecule has 1 rings (SSSR count). The van der Waals surface area contributed by atoms with Gasteiger partial charge in [0.1, 0.15) is 0 Å². The molecule has 1 aromatic rings. The molecule has 0 saturated heterocycles. The largest absolute Gasteiger partial charge is 0.478 e. The summed E-state index contributed by atoms with van der Waals surface area (Å²) < 4.78 is 32.3. The normalized spacial score (nSPS) is 12.2. The fourth-order valence-electron chi connectivity index (χ4n) is 1.39. The van der Waals surface area contributed by atoms with Gasteiger partial charge in [-0.25, -0.2) is 13.6 Å². The molecule has 0 aliphatic carbocycles. The monoisotopic (exact) mass is 285 g/mol. The van der Waals surface area contributed by atoms with Crippen molar-refractivity contribution in [1.29, 1.82) is 0 Å². The van der Waals surface area contributed by atoms with Crippen molar-refractivity contribution < 1.29 is 28.2 Å². The molecule has 0 aromatic heterocycles. The Bertz CT molecular complexity index is 534. The molecule has 0 fully saturated rings. The zero-order valence-corrected chi connectivity index (χ0v) is 10.8. The topological polar surface area (TPSA) is 75.6 Å². The average molecular weight is 285 g/mol. The van der Waals surface area contributed by atoms with E-state index in [0.717, 1.165) is 24.3 Å². The maximum atomic E-state index is 13.7. The first-order valence-corrected chi connectivity index (χ1v) is 5.63. The predicted octanol–water partition coefficient (Wildman–Crippen LogP) is 1.58. The summed E-state index contributed by atoms with van der Waals surface area (Å²) in [6.45, 7) is 1.34.